The smallest absolute Gasteiger partial charge is 0.0537 e. The minimum atomic E-state index is 0.0887. The summed E-state index contributed by atoms with van der Waals surface area (Å²) in [5, 5.41) is 4.21. The quantitative estimate of drug-likeness (QED) is 0.890. The molecule has 2 atom stereocenters. The van der Waals surface area contributed by atoms with E-state index in [-0.39, 0.29) is 6.04 Å². The summed E-state index contributed by atoms with van der Waals surface area (Å²) in [6.07, 6.45) is 10.5. The number of likely N-dealkylation sites (tertiary alicyclic amines) is 1. The largest absolute Gasteiger partial charge is 0.323 e. The maximum atomic E-state index is 6.31. The van der Waals surface area contributed by atoms with Gasteiger partial charge < -0.3 is 5.73 Å². The molecule has 1 aliphatic heterocycles. The van der Waals surface area contributed by atoms with Crippen LogP contribution in [-0.2, 0) is 7.05 Å². The lowest BCUT2D eigenvalue weighted by molar-refractivity contribution is 0.183. The molecule has 1 saturated heterocycles. The molecule has 18 heavy (non-hydrogen) atoms. The van der Waals surface area contributed by atoms with E-state index in [1.165, 1.54) is 38.6 Å². The summed E-state index contributed by atoms with van der Waals surface area (Å²) < 4.78 is 1.83. The molecule has 0 saturated carbocycles. The maximum Gasteiger partial charge on any atom is 0.0537 e. The fourth-order valence-electron chi connectivity index (χ4n) is 2.93. The Morgan fingerprint density at radius 3 is 2.94 bits per heavy atom. The van der Waals surface area contributed by atoms with Crippen LogP contribution in [0.4, 0.5) is 0 Å². The molecule has 4 heteroatoms. The number of hydrogen-bond donors (Lipinski definition) is 1. The molecule has 2 rings (SSSR count). The highest BCUT2D eigenvalue weighted by atomic mass is 15.2. The first-order valence-electron chi connectivity index (χ1n) is 7.19. The summed E-state index contributed by atoms with van der Waals surface area (Å²) in [4.78, 5) is 2.59. The van der Waals surface area contributed by atoms with Crippen LogP contribution >= 0.6 is 0 Å². The number of hydrogen-bond acceptors (Lipinski definition) is 3. The summed E-state index contributed by atoms with van der Waals surface area (Å²) in [6, 6.07) is 0.807. The van der Waals surface area contributed by atoms with Gasteiger partial charge in [0, 0.05) is 37.4 Å². The van der Waals surface area contributed by atoms with Crippen molar-refractivity contribution in [3.63, 3.8) is 0 Å². The SMILES string of the molecule is CCC1CCCCCN1CC(N)c1cnn(C)c1. The van der Waals surface area contributed by atoms with E-state index in [0.29, 0.717) is 0 Å². The standard InChI is InChI=1S/C14H26N4/c1-3-13-7-5-4-6-8-18(13)11-14(15)12-9-16-17(2)10-12/h9-10,13-14H,3-8,11,15H2,1-2H3. The van der Waals surface area contributed by atoms with Crippen molar-refractivity contribution in [2.24, 2.45) is 12.8 Å². The normalized spacial score (nSPS) is 23.8. The van der Waals surface area contributed by atoms with Crippen LogP contribution in [0.25, 0.3) is 0 Å². The molecule has 0 radical (unpaired) electrons. The second kappa shape index (κ2) is 6.34. The summed E-state index contributed by atoms with van der Waals surface area (Å²) in [7, 11) is 1.94. The number of aryl methyl sites for hydroxylation is 1. The van der Waals surface area contributed by atoms with E-state index in [1.54, 1.807) is 0 Å². The van der Waals surface area contributed by atoms with Gasteiger partial charge in [0.25, 0.3) is 0 Å². The van der Waals surface area contributed by atoms with Gasteiger partial charge in [-0.3, -0.25) is 9.58 Å². The monoisotopic (exact) mass is 250 g/mol. The highest BCUT2D eigenvalue weighted by Crippen LogP contribution is 2.21. The van der Waals surface area contributed by atoms with Gasteiger partial charge in [-0.05, 0) is 25.8 Å². The molecule has 0 aliphatic carbocycles. The Morgan fingerprint density at radius 2 is 2.28 bits per heavy atom. The van der Waals surface area contributed by atoms with Crippen LogP contribution in [-0.4, -0.2) is 33.8 Å². The van der Waals surface area contributed by atoms with Gasteiger partial charge in [-0.15, -0.1) is 0 Å². The number of nitrogens with two attached hydrogens (primary N) is 1. The molecule has 1 fully saturated rings. The van der Waals surface area contributed by atoms with Crippen molar-refractivity contribution in [2.45, 2.75) is 51.1 Å². The van der Waals surface area contributed by atoms with E-state index in [2.05, 4.69) is 16.9 Å². The molecule has 0 aromatic carbocycles. The summed E-state index contributed by atoms with van der Waals surface area (Å²) in [5.41, 5.74) is 7.46. The number of aromatic nitrogens is 2. The average molecular weight is 250 g/mol. The molecule has 4 nitrogen and oxygen atoms in total. The number of nitrogens with zero attached hydrogens (tertiary/aromatic N) is 3. The van der Waals surface area contributed by atoms with Gasteiger partial charge in [0.1, 0.15) is 0 Å². The van der Waals surface area contributed by atoms with Crippen molar-refractivity contribution >= 4 is 0 Å². The van der Waals surface area contributed by atoms with Crippen LogP contribution in [0.5, 0.6) is 0 Å². The summed E-state index contributed by atoms with van der Waals surface area (Å²) in [5.74, 6) is 0. The third-order valence-electron chi connectivity index (χ3n) is 4.05. The van der Waals surface area contributed by atoms with Crippen molar-refractivity contribution < 1.29 is 0 Å². The minimum absolute atomic E-state index is 0.0887. The molecule has 0 bridgehead atoms. The van der Waals surface area contributed by atoms with E-state index in [0.717, 1.165) is 18.2 Å². The average Bonchev–Trinajstić information content (AvgIpc) is 2.67. The highest BCUT2D eigenvalue weighted by Gasteiger charge is 2.22. The van der Waals surface area contributed by atoms with Crippen LogP contribution in [0.2, 0.25) is 0 Å². The van der Waals surface area contributed by atoms with E-state index in [1.807, 2.05) is 24.1 Å². The second-order valence-corrected chi connectivity index (χ2v) is 5.46. The van der Waals surface area contributed by atoms with E-state index < -0.39 is 0 Å². The van der Waals surface area contributed by atoms with E-state index in [4.69, 9.17) is 5.73 Å². The molecule has 102 valence electrons. The predicted octanol–water partition coefficient (Wildman–Crippen LogP) is 2.07. The van der Waals surface area contributed by atoms with Crippen molar-refractivity contribution in [1.82, 2.24) is 14.7 Å². The van der Waals surface area contributed by atoms with E-state index in [9.17, 15) is 0 Å². The van der Waals surface area contributed by atoms with Gasteiger partial charge in [0.15, 0.2) is 0 Å². The van der Waals surface area contributed by atoms with Crippen LogP contribution in [0, 0.1) is 0 Å². The van der Waals surface area contributed by atoms with Crippen molar-refractivity contribution in [3.8, 4) is 0 Å². The lowest BCUT2D eigenvalue weighted by Crippen LogP contribution is -2.39. The van der Waals surface area contributed by atoms with Gasteiger partial charge in [-0.25, -0.2) is 0 Å². The first-order valence-corrected chi connectivity index (χ1v) is 7.19. The molecule has 0 spiro atoms. The maximum absolute atomic E-state index is 6.31. The third-order valence-corrected chi connectivity index (χ3v) is 4.05. The zero-order chi connectivity index (χ0) is 13.0. The first kappa shape index (κ1) is 13.6. The van der Waals surface area contributed by atoms with Crippen LogP contribution in [0.3, 0.4) is 0 Å². The lowest BCUT2D eigenvalue weighted by atomic mass is 10.1. The van der Waals surface area contributed by atoms with Gasteiger partial charge in [0.2, 0.25) is 0 Å². The first-order chi connectivity index (χ1) is 8.70. The Hall–Kier alpha value is -0.870. The van der Waals surface area contributed by atoms with Gasteiger partial charge in [-0.2, -0.15) is 5.10 Å². The summed E-state index contributed by atoms with van der Waals surface area (Å²) >= 11 is 0. The Bertz CT molecular complexity index is 360. The van der Waals surface area contributed by atoms with Gasteiger partial charge >= 0.3 is 0 Å². The number of rotatable bonds is 4. The zero-order valence-electron chi connectivity index (χ0n) is 11.7. The van der Waals surface area contributed by atoms with Crippen molar-refractivity contribution in [2.75, 3.05) is 13.1 Å². The van der Waals surface area contributed by atoms with Crippen LogP contribution in [0.15, 0.2) is 12.4 Å². The van der Waals surface area contributed by atoms with Crippen molar-refractivity contribution in [3.05, 3.63) is 18.0 Å². The lowest BCUT2D eigenvalue weighted by Gasteiger charge is -2.31. The summed E-state index contributed by atoms with van der Waals surface area (Å²) in [6.45, 7) is 4.45. The Labute approximate surface area is 110 Å². The van der Waals surface area contributed by atoms with Gasteiger partial charge in [0.05, 0.1) is 6.20 Å². The molecule has 2 N–H and O–H groups in total. The molecule has 0 amide bonds. The zero-order valence-corrected chi connectivity index (χ0v) is 11.7. The minimum Gasteiger partial charge on any atom is -0.323 e. The fourth-order valence-corrected chi connectivity index (χ4v) is 2.93. The topological polar surface area (TPSA) is 47.1 Å². The Kier molecular flexibility index (Phi) is 4.78. The van der Waals surface area contributed by atoms with Gasteiger partial charge in [-0.1, -0.05) is 19.8 Å². The molecule has 1 aromatic heterocycles. The molecule has 2 heterocycles. The van der Waals surface area contributed by atoms with Crippen LogP contribution in [0.1, 0.15) is 50.6 Å². The Morgan fingerprint density at radius 1 is 1.44 bits per heavy atom. The van der Waals surface area contributed by atoms with Crippen molar-refractivity contribution in [1.29, 1.82) is 0 Å². The fraction of sp³-hybridized carbons (Fsp3) is 0.786. The Balaban J connectivity index is 1.97. The highest BCUT2D eigenvalue weighted by molar-refractivity contribution is 5.10. The second-order valence-electron chi connectivity index (χ2n) is 5.46. The third kappa shape index (κ3) is 3.33. The molecule has 2 unspecified atom stereocenters. The molecule has 1 aliphatic rings. The predicted molar refractivity (Wildman–Crippen MR) is 74.3 cm³/mol. The van der Waals surface area contributed by atoms with Crippen LogP contribution < -0.4 is 5.73 Å². The molecule has 1 aromatic rings. The molecular weight excluding hydrogens is 224 g/mol. The van der Waals surface area contributed by atoms with E-state index >= 15 is 0 Å². The molecular formula is C14H26N4.